The molecule has 7 heteroatoms. The van der Waals surface area contributed by atoms with Crippen molar-refractivity contribution < 1.29 is 22.6 Å². The van der Waals surface area contributed by atoms with Crippen LogP contribution in [-0.4, -0.2) is 46.9 Å². The molecule has 2 N–H and O–H groups in total. The first-order valence-electron chi connectivity index (χ1n) is 6.86. The van der Waals surface area contributed by atoms with E-state index in [1.54, 1.807) is 18.2 Å². The van der Waals surface area contributed by atoms with Gasteiger partial charge in [-0.2, -0.15) is 0 Å². The minimum absolute atomic E-state index is 0.0260. The Bertz CT molecular complexity index is 573. The van der Waals surface area contributed by atoms with E-state index in [-0.39, 0.29) is 18.1 Å². The maximum atomic E-state index is 11.9. The molecule has 1 aromatic rings. The topological polar surface area (TPSA) is 87.9 Å². The van der Waals surface area contributed by atoms with Crippen molar-refractivity contribution in [2.24, 2.45) is 5.73 Å². The van der Waals surface area contributed by atoms with Crippen molar-refractivity contribution in [1.29, 1.82) is 0 Å². The first-order valence-corrected chi connectivity index (χ1v) is 8.68. The summed E-state index contributed by atoms with van der Waals surface area (Å²) in [6.45, 7) is 1.37. The molecular weight excluding hydrogens is 294 g/mol. The van der Waals surface area contributed by atoms with Gasteiger partial charge in [-0.3, -0.25) is 0 Å². The summed E-state index contributed by atoms with van der Waals surface area (Å²) in [6, 6.07) is 4.72. The number of benzene rings is 1. The fourth-order valence-electron chi connectivity index (χ4n) is 2.07. The highest BCUT2D eigenvalue weighted by Crippen LogP contribution is 2.32. The van der Waals surface area contributed by atoms with Gasteiger partial charge in [-0.25, -0.2) is 8.42 Å². The molecular formula is C14H21NO5S. The summed E-state index contributed by atoms with van der Waals surface area (Å²) in [5.74, 6) is 1.15. The van der Waals surface area contributed by atoms with Gasteiger partial charge in [0.25, 0.3) is 0 Å². The number of methoxy groups -OCH3 is 1. The van der Waals surface area contributed by atoms with Gasteiger partial charge in [0.1, 0.15) is 0 Å². The Morgan fingerprint density at radius 1 is 1.29 bits per heavy atom. The van der Waals surface area contributed by atoms with Crippen molar-refractivity contribution in [3.8, 4) is 11.5 Å². The number of hydrogen-bond acceptors (Lipinski definition) is 6. The Morgan fingerprint density at radius 3 is 2.71 bits per heavy atom. The number of sulfone groups is 1. The number of fused-ring (bicyclic) bond motifs is 1. The van der Waals surface area contributed by atoms with Crippen molar-refractivity contribution in [1.82, 2.24) is 0 Å². The molecule has 0 fully saturated rings. The fraction of sp³-hybridized carbons (Fsp3) is 0.571. The van der Waals surface area contributed by atoms with Gasteiger partial charge in [-0.15, -0.1) is 0 Å². The third-order valence-electron chi connectivity index (χ3n) is 3.23. The van der Waals surface area contributed by atoms with Crippen LogP contribution in [0.15, 0.2) is 18.2 Å². The maximum Gasteiger partial charge on any atom is 0.161 e. The lowest BCUT2D eigenvalue weighted by molar-refractivity contribution is 0.217. The lowest BCUT2D eigenvalue weighted by atomic mass is 10.1. The molecule has 1 atom stereocenters. The highest BCUT2D eigenvalue weighted by atomic mass is 32.2. The zero-order valence-corrected chi connectivity index (χ0v) is 12.9. The molecule has 1 aromatic carbocycles. The molecule has 0 saturated carbocycles. The number of nitrogens with two attached hydrogens (primary N) is 1. The smallest absolute Gasteiger partial charge is 0.161 e. The van der Waals surface area contributed by atoms with Gasteiger partial charge in [0.15, 0.2) is 21.3 Å². The summed E-state index contributed by atoms with van der Waals surface area (Å²) < 4.78 is 39.7. The summed E-state index contributed by atoms with van der Waals surface area (Å²) in [7, 11) is -1.77. The third kappa shape index (κ3) is 4.59. The molecule has 0 saturated heterocycles. The molecule has 6 nitrogen and oxygen atoms in total. The standard InChI is InChI=1S/C14H21NO5S/c1-18-7-8-21(16,17)10-12(15)11-3-4-13-14(9-11)20-6-2-5-19-13/h3-4,9,12H,2,5-8,10,15H2,1H3. The van der Waals surface area contributed by atoms with Crippen LogP contribution in [0.1, 0.15) is 18.0 Å². The normalized spacial score (nSPS) is 16.3. The lowest BCUT2D eigenvalue weighted by Crippen LogP contribution is -2.25. The van der Waals surface area contributed by atoms with Crippen LogP contribution in [0.2, 0.25) is 0 Å². The maximum absolute atomic E-state index is 11.9. The van der Waals surface area contributed by atoms with E-state index in [9.17, 15) is 8.42 Å². The van der Waals surface area contributed by atoms with E-state index in [1.807, 2.05) is 0 Å². The van der Waals surface area contributed by atoms with Gasteiger partial charge in [0.2, 0.25) is 0 Å². The van der Waals surface area contributed by atoms with Crippen LogP contribution in [0.25, 0.3) is 0 Å². The molecule has 118 valence electrons. The molecule has 1 aliphatic heterocycles. The molecule has 1 aliphatic rings. The minimum Gasteiger partial charge on any atom is -0.490 e. The summed E-state index contributed by atoms with van der Waals surface area (Å²) in [6.07, 6.45) is 0.821. The number of rotatable bonds is 6. The van der Waals surface area contributed by atoms with Crippen LogP contribution in [0.3, 0.4) is 0 Å². The summed E-state index contributed by atoms with van der Waals surface area (Å²) in [4.78, 5) is 0. The van der Waals surface area contributed by atoms with Crippen molar-refractivity contribution >= 4 is 9.84 Å². The molecule has 0 bridgehead atoms. The molecule has 1 heterocycles. The summed E-state index contributed by atoms with van der Waals surface area (Å²) >= 11 is 0. The fourth-order valence-corrected chi connectivity index (χ4v) is 3.40. The van der Waals surface area contributed by atoms with Gasteiger partial charge >= 0.3 is 0 Å². The second-order valence-corrected chi connectivity index (χ2v) is 7.20. The quantitative estimate of drug-likeness (QED) is 0.839. The number of ether oxygens (including phenoxy) is 3. The van der Waals surface area contributed by atoms with Crippen molar-refractivity contribution in [2.75, 3.05) is 38.4 Å². The third-order valence-corrected chi connectivity index (χ3v) is 4.89. The molecule has 0 aromatic heterocycles. The van der Waals surface area contributed by atoms with Crippen molar-refractivity contribution in [3.63, 3.8) is 0 Å². The molecule has 1 unspecified atom stereocenters. The zero-order chi connectivity index (χ0) is 15.3. The van der Waals surface area contributed by atoms with E-state index >= 15 is 0 Å². The van der Waals surface area contributed by atoms with Crippen LogP contribution in [0, 0.1) is 0 Å². The van der Waals surface area contributed by atoms with Crippen LogP contribution < -0.4 is 15.2 Å². The second-order valence-electron chi connectivity index (χ2n) is 4.97. The molecule has 0 radical (unpaired) electrons. The Morgan fingerprint density at radius 2 is 2.00 bits per heavy atom. The highest BCUT2D eigenvalue weighted by molar-refractivity contribution is 7.91. The molecule has 21 heavy (non-hydrogen) atoms. The Balaban J connectivity index is 2.09. The van der Waals surface area contributed by atoms with E-state index in [4.69, 9.17) is 19.9 Å². The van der Waals surface area contributed by atoms with E-state index in [2.05, 4.69) is 0 Å². The molecule has 2 rings (SSSR count). The first-order chi connectivity index (χ1) is 10.0. The zero-order valence-electron chi connectivity index (χ0n) is 12.1. The first kappa shape index (κ1) is 16.1. The summed E-state index contributed by atoms with van der Waals surface area (Å²) in [5, 5.41) is 0. The molecule has 0 aliphatic carbocycles. The van der Waals surface area contributed by atoms with Crippen LogP contribution in [0.4, 0.5) is 0 Å². The van der Waals surface area contributed by atoms with Gasteiger partial charge in [-0.1, -0.05) is 6.07 Å². The van der Waals surface area contributed by atoms with Gasteiger partial charge < -0.3 is 19.9 Å². The molecule has 0 amide bonds. The Kier molecular flexibility index (Phi) is 5.44. The van der Waals surface area contributed by atoms with Gasteiger partial charge in [-0.05, 0) is 17.7 Å². The lowest BCUT2D eigenvalue weighted by Gasteiger charge is -2.15. The SMILES string of the molecule is COCCS(=O)(=O)CC(N)c1ccc2c(c1)OCCCO2. The van der Waals surface area contributed by atoms with E-state index in [0.717, 1.165) is 12.0 Å². The molecule has 0 spiro atoms. The van der Waals surface area contributed by atoms with E-state index < -0.39 is 15.9 Å². The van der Waals surface area contributed by atoms with E-state index in [0.29, 0.717) is 24.7 Å². The summed E-state index contributed by atoms with van der Waals surface area (Å²) in [5.41, 5.74) is 6.73. The largest absolute Gasteiger partial charge is 0.490 e. The van der Waals surface area contributed by atoms with Gasteiger partial charge in [0.05, 0.1) is 31.3 Å². The van der Waals surface area contributed by atoms with Crippen LogP contribution in [-0.2, 0) is 14.6 Å². The Hall–Kier alpha value is -1.31. The van der Waals surface area contributed by atoms with Crippen LogP contribution >= 0.6 is 0 Å². The highest BCUT2D eigenvalue weighted by Gasteiger charge is 2.19. The van der Waals surface area contributed by atoms with Gasteiger partial charge in [0, 0.05) is 19.6 Å². The van der Waals surface area contributed by atoms with Crippen molar-refractivity contribution in [3.05, 3.63) is 23.8 Å². The monoisotopic (exact) mass is 315 g/mol. The predicted octanol–water partition coefficient (Wildman–Crippen LogP) is 0.909. The second kappa shape index (κ2) is 7.11. The number of hydrogen-bond donors (Lipinski definition) is 1. The predicted molar refractivity (Wildman–Crippen MR) is 79.5 cm³/mol. The average Bonchev–Trinajstić information content (AvgIpc) is 2.69. The van der Waals surface area contributed by atoms with E-state index in [1.165, 1.54) is 7.11 Å². The Labute approximate surface area is 125 Å². The van der Waals surface area contributed by atoms with Crippen molar-refractivity contribution in [2.45, 2.75) is 12.5 Å². The van der Waals surface area contributed by atoms with Crippen LogP contribution in [0.5, 0.6) is 11.5 Å². The average molecular weight is 315 g/mol. The minimum atomic E-state index is -3.24.